The van der Waals surface area contributed by atoms with Gasteiger partial charge in [-0.25, -0.2) is 0 Å². The number of fused-ring (bicyclic) bond motifs is 1. The topological polar surface area (TPSA) is 51.2 Å². The van der Waals surface area contributed by atoms with Crippen molar-refractivity contribution in [3.05, 3.63) is 51.2 Å². The van der Waals surface area contributed by atoms with E-state index in [4.69, 9.17) is 0 Å². The summed E-state index contributed by atoms with van der Waals surface area (Å²) in [7, 11) is 1.82. The lowest BCUT2D eigenvalue weighted by Gasteiger charge is -2.38. The zero-order valence-electron chi connectivity index (χ0n) is 18.9. The van der Waals surface area contributed by atoms with Crippen LogP contribution in [0.1, 0.15) is 28.0 Å². The maximum atomic E-state index is 12.7. The molecule has 0 radical (unpaired) electrons. The summed E-state index contributed by atoms with van der Waals surface area (Å²) < 4.78 is 0. The minimum absolute atomic E-state index is 0.222. The highest BCUT2D eigenvalue weighted by Crippen LogP contribution is 2.25. The van der Waals surface area contributed by atoms with Crippen molar-refractivity contribution < 1.29 is 4.79 Å². The molecule has 4 rings (SSSR count). The van der Waals surface area contributed by atoms with E-state index in [1.165, 1.54) is 27.3 Å². The molecule has 1 N–H and O–H groups in total. The fraction of sp³-hybridized carbons (Fsp3) is 0.500. The van der Waals surface area contributed by atoms with Crippen molar-refractivity contribution in [3.8, 4) is 0 Å². The number of nitrogens with zero attached hydrogens (tertiary/aromatic N) is 4. The van der Waals surface area contributed by atoms with Crippen molar-refractivity contribution in [1.29, 1.82) is 0 Å². The summed E-state index contributed by atoms with van der Waals surface area (Å²) in [6.45, 7) is 10.4. The third-order valence-corrected chi connectivity index (χ3v) is 7.51. The monoisotopic (exact) mass is 439 g/mol. The van der Waals surface area contributed by atoms with E-state index in [1.54, 1.807) is 11.3 Å². The van der Waals surface area contributed by atoms with Crippen LogP contribution in [0.25, 0.3) is 0 Å². The maximum Gasteiger partial charge on any atom is 0.224 e. The van der Waals surface area contributed by atoms with Crippen LogP contribution in [0.2, 0.25) is 0 Å². The first-order valence-electron chi connectivity index (χ1n) is 11.2. The summed E-state index contributed by atoms with van der Waals surface area (Å²) in [4.78, 5) is 25.3. The normalized spacial score (nSPS) is 17.0. The van der Waals surface area contributed by atoms with Crippen LogP contribution in [0.4, 0.5) is 5.69 Å². The van der Waals surface area contributed by atoms with Crippen LogP contribution in [-0.4, -0.2) is 68.0 Å². The Morgan fingerprint density at radius 1 is 1.10 bits per heavy atom. The summed E-state index contributed by atoms with van der Waals surface area (Å²) in [5, 5.41) is 5.54. The van der Waals surface area contributed by atoms with E-state index in [0.29, 0.717) is 13.0 Å². The number of hydrogen-bond acceptors (Lipinski definition) is 4. The van der Waals surface area contributed by atoms with Gasteiger partial charge < -0.3 is 20.0 Å². The van der Waals surface area contributed by atoms with Gasteiger partial charge in [-0.1, -0.05) is 12.1 Å². The number of benzene rings is 1. The molecule has 1 amide bonds. The quantitative estimate of drug-likeness (QED) is 0.588. The standard InChI is InChI=1S/C24H33N5OS/c1-18-5-4-6-21(19(18)2)27-12-14-28(15-13-27)24(25-3)26-10-7-23(30)29-11-8-22-20(17-29)9-16-31-22/h4-6,9,16H,7-8,10-15,17H2,1-3H3,(H,25,26). The average Bonchev–Trinajstić information content (AvgIpc) is 3.27. The van der Waals surface area contributed by atoms with Gasteiger partial charge in [-0.2, -0.15) is 0 Å². The van der Waals surface area contributed by atoms with E-state index in [0.717, 1.165) is 51.6 Å². The first-order chi connectivity index (χ1) is 15.1. The van der Waals surface area contributed by atoms with Gasteiger partial charge in [-0.15, -0.1) is 11.3 Å². The molecule has 1 saturated heterocycles. The number of piperazine rings is 1. The number of nitrogens with one attached hydrogen (secondary N) is 1. The summed E-state index contributed by atoms with van der Waals surface area (Å²) in [5.41, 5.74) is 5.36. The molecule has 0 bridgehead atoms. The molecule has 6 nitrogen and oxygen atoms in total. The van der Waals surface area contributed by atoms with E-state index in [2.05, 4.69) is 63.6 Å². The predicted molar refractivity (Wildman–Crippen MR) is 129 cm³/mol. The first kappa shape index (κ1) is 21.7. The molecule has 3 heterocycles. The minimum Gasteiger partial charge on any atom is -0.368 e. The predicted octanol–water partition coefficient (Wildman–Crippen LogP) is 3.04. The molecular weight excluding hydrogens is 406 g/mol. The fourth-order valence-electron chi connectivity index (χ4n) is 4.47. The van der Waals surface area contributed by atoms with Gasteiger partial charge in [0, 0.05) is 69.8 Å². The van der Waals surface area contributed by atoms with Crippen molar-refractivity contribution in [1.82, 2.24) is 15.1 Å². The fourth-order valence-corrected chi connectivity index (χ4v) is 5.36. The zero-order chi connectivity index (χ0) is 21.8. The van der Waals surface area contributed by atoms with Crippen molar-refractivity contribution >= 4 is 28.9 Å². The molecule has 0 saturated carbocycles. The number of carbonyl (C=O) groups is 1. The van der Waals surface area contributed by atoms with Crippen molar-refractivity contribution in [3.63, 3.8) is 0 Å². The molecular formula is C24H33N5OS. The van der Waals surface area contributed by atoms with Gasteiger partial charge in [0.1, 0.15) is 0 Å². The number of amides is 1. The minimum atomic E-state index is 0.222. The van der Waals surface area contributed by atoms with Gasteiger partial charge in [0.15, 0.2) is 5.96 Å². The SMILES string of the molecule is CN=C(NCCC(=O)N1CCc2sccc2C1)N1CCN(c2cccc(C)c2C)CC1. The van der Waals surface area contributed by atoms with Crippen molar-refractivity contribution in [2.24, 2.45) is 4.99 Å². The van der Waals surface area contributed by atoms with Crippen LogP contribution >= 0.6 is 11.3 Å². The van der Waals surface area contributed by atoms with Gasteiger partial charge in [-0.05, 0) is 54.5 Å². The van der Waals surface area contributed by atoms with Crippen LogP contribution < -0.4 is 10.2 Å². The smallest absolute Gasteiger partial charge is 0.224 e. The molecule has 2 aliphatic heterocycles. The van der Waals surface area contributed by atoms with Crippen molar-refractivity contribution in [2.45, 2.75) is 33.2 Å². The van der Waals surface area contributed by atoms with E-state index >= 15 is 0 Å². The molecule has 166 valence electrons. The molecule has 1 fully saturated rings. The summed E-state index contributed by atoms with van der Waals surface area (Å²) >= 11 is 1.80. The Morgan fingerprint density at radius 2 is 1.90 bits per heavy atom. The number of anilines is 1. The van der Waals surface area contributed by atoms with E-state index in [-0.39, 0.29) is 5.91 Å². The van der Waals surface area contributed by atoms with Crippen LogP contribution in [0.3, 0.4) is 0 Å². The first-order valence-corrected chi connectivity index (χ1v) is 12.0. The third kappa shape index (κ3) is 4.87. The number of rotatable bonds is 4. The van der Waals surface area contributed by atoms with Crippen LogP contribution in [0, 0.1) is 13.8 Å². The molecule has 0 spiro atoms. The average molecular weight is 440 g/mol. The van der Waals surface area contributed by atoms with E-state index < -0.39 is 0 Å². The van der Waals surface area contributed by atoms with Gasteiger partial charge in [0.25, 0.3) is 0 Å². The maximum absolute atomic E-state index is 12.7. The van der Waals surface area contributed by atoms with Crippen LogP contribution in [0.5, 0.6) is 0 Å². The summed E-state index contributed by atoms with van der Waals surface area (Å²) in [5.74, 6) is 1.12. The Labute approximate surface area is 189 Å². The Balaban J connectivity index is 1.24. The van der Waals surface area contributed by atoms with Gasteiger partial charge in [0.05, 0.1) is 0 Å². The molecule has 0 aliphatic carbocycles. The molecule has 2 aliphatic rings. The van der Waals surface area contributed by atoms with Gasteiger partial charge >= 0.3 is 0 Å². The molecule has 0 unspecified atom stereocenters. The number of aryl methyl sites for hydroxylation is 1. The largest absolute Gasteiger partial charge is 0.368 e. The van der Waals surface area contributed by atoms with Crippen LogP contribution in [-0.2, 0) is 17.8 Å². The van der Waals surface area contributed by atoms with E-state index in [1.807, 2.05) is 11.9 Å². The Hall–Kier alpha value is -2.54. The molecule has 31 heavy (non-hydrogen) atoms. The highest BCUT2D eigenvalue weighted by Gasteiger charge is 2.23. The zero-order valence-corrected chi connectivity index (χ0v) is 19.7. The number of thiophene rings is 1. The second kappa shape index (κ2) is 9.73. The third-order valence-electron chi connectivity index (χ3n) is 6.49. The Bertz CT molecular complexity index is 945. The van der Waals surface area contributed by atoms with Crippen LogP contribution in [0.15, 0.2) is 34.6 Å². The molecule has 1 aromatic carbocycles. The lowest BCUT2D eigenvalue weighted by atomic mass is 10.1. The van der Waals surface area contributed by atoms with Gasteiger partial charge in [-0.3, -0.25) is 9.79 Å². The molecule has 7 heteroatoms. The Kier molecular flexibility index (Phi) is 6.80. The second-order valence-electron chi connectivity index (χ2n) is 8.35. The molecule has 1 aromatic heterocycles. The molecule has 2 aromatic rings. The van der Waals surface area contributed by atoms with Gasteiger partial charge in [0.2, 0.25) is 5.91 Å². The lowest BCUT2D eigenvalue weighted by Crippen LogP contribution is -2.53. The number of aliphatic imine (C=N–C) groups is 1. The highest BCUT2D eigenvalue weighted by atomic mass is 32.1. The number of guanidine groups is 1. The van der Waals surface area contributed by atoms with Crippen molar-refractivity contribution in [2.75, 3.05) is 51.2 Å². The van der Waals surface area contributed by atoms with E-state index in [9.17, 15) is 4.79 Å². The summed E-state index contributed by atoms with van der Waals surface area (Å²) in [6.07, 6.45) is 1.49. The second-order valence-corrected chi connectivity index (χ2v) is 9.35. The highest BCUT2D eigenvalue weighted by molar-refractivity contribution is 7.10. The molecule has 0 atom stereocenters. The Morgan fingerprint density at radius 3 is 2.68 bits per heavy atom. The lowest BCUT2D eigenvalue weighted by molar-refractivity contribution is -0.131. The summed E-state index contributed by atoms with van der Waals surface area (Å²) in [6, 6.07) is 8.68. The number of carbonyl (C=O) groups excluding carboxylic acids is 1. The number of hydrogen-bond donors (Lipinski definition) is 1.